The summed E-state index contributed by atoms with van der Waals surface area (Å²) in [5, 5.41) is 9.92. The molecule has 2 rings (SSSR count). The number of rotatable bonds is 6. The Kier molecular flexibility index (Phi) is 4.89. The van der Waals surface area contributed by atoms with Gasteiger partial charge in [-0.1, -0.05) is 49.7 Å². The number of hydrogen-bond acceptors (Lipinski definition) is 2. The molecule has 0 spiro atoms. The fourth-order valence-corrected chi connectivity index (χ4v) is 2.53. The number of ether oxygens (including phenoxy) is 1. The highest BCUT2D eigenvalue weighted by atomic mass is 16.5. The van der Waals surface area contributed by atoms with E-state index in [0.29, 0.717) is 12.2 Å². The molecule has 0 saturated carbocycles. The van der Waals surface area contributed by atoms with Gasteiger partial charge in [0.05, 0.1) is 0 Å². The molecule has 2 heteroatoms. The lowest BCUT2D eigenvalue weighted by atomic mass is 9.97. The van der Waals surface area contributed by atoms with Gasteiger partial charge in [0.25, 0.3) is 0 Å². The van der Waals surface area contributed by atoms with Crippen LogP contribution in [0.25, 0.3) is 0 Å². The molecule has 0 radical (unpaired) electrons. The first-order valence-electron chi connectivity index (χ1n) is 7.55. The van der Waals surface area contributed by atoms with Gasteiger partial charge >= 0.3 is 0 Å². The molecule has 0 aromatic heterocycles. The van der Waals surface area contributed by atoms with Gasteiger partial charge in [-0.25, -0.2) is 0 Å². The second-order valence-corrected chi connectivity index (χ2v) is 6.02. The first-order valence-corrected chi connectivity index (χ1v) is 7.55. The Morgan fingerprint density at radius 3 is 2.24 bits per heavy atom. The Bertz CT molecular complexity index is 588. The molecule has 2 nitrogen and oxygen atoms in total. The highest BCUT2D eigenvalue weighted by Crippen LogP contribution is 2.28. The van der Waals surface area contributed by atoms with E-state index in [0.717, 1.165) is 24.2 Å². The summed E-state index contributed by atoms with van der Waals surface area (Å²) in [7, 11) is 0. The van der Waals surface area contributed by atoms with Gasteiger partial charge in [0.1, 0.15) is 17.1 Å². The summed E-state index contributed by atoms with van der Waals surface area (Å²) >= 11 is 0. The number of aryl methyl sites for hydroxylation is 1. The van der Waals surface area contributed by atoms with Crippen molar-refractivity contribution in [2.75, 3.05) is 0 Å². The first-order chi connectivity index (χ1) is 10.0. The van der Waals surface area contributed by atoms with Crippen molar-refractivity contribution in [2.24, 2.45) is 0 Å². The van der Waals surface area contributed by atoms with Crippen LogP contribution in [-0.4, -0.2) is 10.7 Å². The second-order valence-electron chi connectivity index (χ2n) is 6.02. The van der Waals surface area contributed by atoms with Crippen LogP contribution in [0.3, 0.4) is 0 Å². The Morgan fingerprint density at radius 1 is 0.952 bits per heavy atom. The Morgan fingerprint density at radius 2 is 1.57 bits per heavy atom. The van der Waals surface area contributed by atoms with Crippen LogP contribution in [0.2, 0.25) is 0 Å². The lowest BCUT2D eigenvalue weighted by Crippen LogP contribution is -2.31. The molecule has 0 bridgehead atoms. The van der Waals surface area contributed by atoms with E-state index in [2.05, 4.69) is 26.8 Å². The number of phenols is 1. The summed E-state index contributed by atoms with van der Waals surface area (Å²) in [6, 6.07) is 15.6. The molecule has 2 aromatic carbocycles. The largest absolute Gasteiger partial charge is 0.508 e. The topological polar surface area (TPSA) is 29.5 Å². The van der Waals surface area contributed by atoms with Crippen molar-refractivity contribution in [3.63, 3.8) is 0 Å². The van der Waals surface area contributed by atoms with E-state index in [9.17, 15) is 5.11 Å². The molecule has 0 fully saturated rings. The minimum Gasteiger partial charge on any atom is -0.508 e. The van der Waals surface area contributed by atoms with Gasteiger partial charge in [0.15, 0.2) is 0 Å². The minimum absolute atomic E-state index is 0.330. The average molecular weight is 284 g/mol. The van der Waals surface area contributed by atoms with Crippen LogP contribution in [0.15, 0.2) is 48.5 Å². The molecule has 0 atom stereocenters. The molecule has 0 aliphatic heterocycles. The third-order valence-corrected chi connectivity index (χ3v) is 3.49. The molecular formula is C19H24O2. The van der Waals surface area contributed by atoms with Crippen LogP contribution in [0.1, 0.15) is 38.3 Å². The summed E-state index contributed by atoms with van der Waals surface area (Å²) < 4.78 is 6.23. The molecule has 0 saturated heterocycles. The van der Waals surface area contributed by atoms with E-state index in [1.165, 1.54) is 5.56 Å². The predicted molar refractivity (Wildman–Crippen MR) is 87.0 cm³/mol. The fraction of sp³-hybridized carbons (Fsp3) is 0.368. The second kappa shape index (κ2) is 6.66. The lowest BCUT2D eigenvalue weighted by Gasteiger charge is -2.28. The molecule has 2 aromatic rings. The fourth-order valence-electron chi connectivity index (χ4n) is 2.53. The molecule has 1 N–H and O–H groups in total. The maximum atomic E-state index is 9.92. The number of benzene rings is 2. The van der Waals surface area contributed by atoms with Crippen LogP contribution in [0.5, 0.6) is 11.5 Å². The van der Waals surface area contributed by atoms with Gasteiger partial charge in [-0.2, -0.15) is 0 Å². The average Bonchev–Trinajstić information content (AvgIpc) is 2.43. The van der Waals surface area contributed by atoms with E-state index < -0.39 is 0 Å². The molecule has 0 heterocycles. The zero-order valence-corrected chi connectivity index (χ0v) is 13.1. The smallest absolute Gasteiger partial charge is 0.123 e. The van der Waals surface area contributed by atoms with Crippen molar-refractivity contribution in [3.8, 4) is 11.5 Å². The van der Waals surface area contributed by atoms with Crippen molar-refractivity contribution in [1.82, 2.24) is 0 Å². The quantitative estimate of drug-likeness (QED) is 0.830. The van der Waals surface area contributed by atoms with E-state index >= 15 is 0 Å². The Labute approximate surface area is 127 Å². The van der Waals surface area contributed by atoms with Crippen molar-refractivity contribution in [1.29, 1.82) is 0 Å². The zero-order chi connectivity index (χ0) is 15.3. The molecule has 0 aliphatic carbocycles. The van der Waals surface area contributed by atoms with E-state index in [1.807, 2.05) is 36.4 Å². The van der Waals surface area contributed by atoms with Gasteiger partial charge in [0.2, 0.25) is 0 Å². The van der Waals surface area contributed by atoms with Crippen LogP contribution < -0.4 is 4.74 Å². The summed E-state index contributed by atoms with van der Waals surface area (Å²) in [4.78, 5) is 0. The lowest BCUT2D eigenvalue weighted by molar-refractivity contribution is 0.108. The van der Waals surface area contributed by atoms with Crippen molar-refractivity contribution >= 4 is 0 Å². The van der Waals surface area contributed by atoms with Gasteiger partial charge in [-0.3, -0.25) is 0 Å². The van der Waals surface area contributed by atoms with Gasteiger partial charge in [-0.05, 0) is 43.5 Å². The van der Waals surface area contributed by atoms with E-state index in [1.54, 1.807) is 6.07 Å². The van der Waals surface area contributed by atoms with Crippen molar-refractivity contribution in [3.05, 3.63) is 59.7 Å². The highest BCUT2D eigenvalue weighted by molar-refractivity contribution is 5.36. The van der Waals surface area contributed by atoms with E-state index in [4.69, 9.17) is 4.74 Å². The SMILES string of the molecule is CCCc1ccccc1OC(C)(C)Cc1ccccc1O. The van der Waals surface area contributed by atoms with Crippen molar-refractivity contribution < 1.29 is 9.84 Å². The number of para-hydroxylation sites is 2. The van der Waals surface area contributed by atoms with Crippen LogP contribution in [0, 0.1) is 0 Å². The first kappa shape index (κ1) is 15.4. The maximum absolute atomic E-state index is 9.92. The minimum atomic E-state index is -0.372. The summed E-state index contributed by atoms with van der Waals surface area (Å²) in [5.74, 6) is 1.27. The molecule has 0 amide bonds. The van der Waals surface area contributed by atoms with Crippen LogP contribution in [-0.2, 0) is 12.8 Å². The van der Waals surface area contributed by atoms with Gasteiger partial charge in [0, 0.05) is 6.42 Å². The highest BCUT2D eigenvalue weighted by Gasteiger charge is 2.23. The molecular weight excluding hydrogens is 260 g/mol. The van der Waals surface area contributed by atoms with E-state index in [-0.39, 0.29) is 5.60 Å². The Balaban J connectivity index is 2.16. The normalized spacial score (nSPS) is 11.4. The Hall–Kier alpha value is -1.96. The summed E-state index contributed by atoms with van der Waals surface area (Å²) in [5.41, 5.74) is 1.78. The van der Waals surface area contributed by atoms with Crippen LogP contribution in [0.4, 0.5) is 0 Å². The predicted octanol–water partition coefficient (Wildman–Crippen LogP) is 4.74. The zero-order valence-electron chi connectivity index (χ0n) is 13.1. The maximum Gasteiger partial charge on any atom is 0.123 e. The van der Waals surface area contributed by atoms with Gasteiger partial charge < -0.3 is 9.84 Å². The van der Waals surface area contributed by atoms with Crippen molar-refractivity contribution in [2.45, 2.75) is 45.6 Å². The monoisotopic (exact) mass is 284 g/mol. The number of hydrogen-bond donors (Lipinski definition) is 1. The van der Waals surface area contributed by atoms with Crippen LogP contribution >= 0.6 is 0 Å². The van der Waals surface area contributed by atoms with Gasteiger partial charge in [-0.15, -0.1) is 0 Å². The summed E-state index contributed by atoms with van der Waals surface area (Å²) in [6.07, 6.45) is 2.78. The molecule has 21 heavy (non-hydrogen) atoms. The molecule has 112 valence electrons. The molecule has 0 aliphatic rings. The number of phenolic OH excluding ortho intramolecular Hbond substituents is 1. The standard InChI is InChI=1S/C19H24O2/c1-4-9-15-10-6-8-13-18(15)21-19(2,3)14-16-11-5-7-12-17(16)20/h5-8,10-13,20H,4,9,14H2,1-3H3. The third kappa shape index (κ3) is 4.25. The molecule has 0 unspecified atom stereocenters. The summed E-state index contributed by atoms with van der Waals surface area (Å²) in [6.45, 7) is 6.29. The number of aromatic hydroxyl groups is 1. The third-order valence-electron chi connectivity index (χ3n) is 3.49.